The van der Waals surface area contributed by atoms with Gasteiger partial charge in [0.2, 0.25) is 0 Å². The molecule has 0 aliphatic carbocycles. The van der Waals surface area contributed by atoms with Gasteiger partial charge in [0.05, 0.1) is 22.3 Å². The van der Waals surface area contributed by atoms with Crippen LogP contribution in [0.5, 0.6) is 0 Å². The molecule has 1 aromatic heterocycles. The van der Waals surface area contributed by atoms with Gasteiger partial charge in [0, 0.05) is 0 Å². The van der Waals surface area contributed by atoms with Crippen molar-refractivity contribution in [2.45, 2.75) is 0 Å². The third-order valence-corrected chi connectivity index (χ3v) is 1.83. The molecule has 2 rings (SSSR count). The maximum absolute atomic E-state index is 5.81. The van der Waals surface area contributed by atoms with Crippen molar-refractivity contribution in [3.8, 4) is 0 Å². The average Bonchev–Trinajstić information content (AvgIpc) is 2.45. The van der Waals surface area contributed by atoms with Crippen molar-refractivity contribution in [2.24, 2.45) is 0 Å². The fourth-order valence-electron chi connectivity index (χ4n) is 0.946. The highest BCUT2D eigenvalue weighted by molar-refractivity contribution is 6.35. The van der Waals surface area contributed by atoms with E-state index >= 15 is 0 Å². The summed E-state index contributed by atoms with van der Waals surface area (Å²) in [5.41, 5.74) is 6.69. The lowest BCUT2D eigenvalue weighted by atomic mass is 10.2. The number of hydrogen-bond acceptors (Lipinski definition) is 3. The van der Waals surface area contributed by atoms with E-state index in [9.17, 15) is 0 Å². The molecule has 0 spiro atoms. The maximum atomic E-state index is 5.81. The Morgan fingerprint density at radius 2 is 2.27 bits per heavy atom. The predicted octanol–water partition coefficient (Wildman–Crippen LogP) is 2.06. The molecule has 0 fully saturated rings. The summed E-state index contributed by atoms with van der Waals surface area (Å²) < 4.78 is 4.87. The van der Waals surface area contributed by atoms with Crippen LogP contribution in [0.3, 0.4) is 0 Å². The summed E-state index contributed by atoms with van der Waals surface area (Å²) in [4.78, 5) is 0. The van der Waals surface area contributed by atoms with Crippen molar-refractivity contribution >= 4 is 28.3 Å². The van der Waals surface area contributed by atoms with E-state index < -0.39 is 0 Å². The predicted molar refractivity (Wildman–Crippen MR) is 43.4 cm³/mol. The van der Waals surface area contributed by atoms with Gasteiger partial charge in [-0.25, -0.2) is 0 Å². The van der Waals surface area contributed by atoms with Crippen LogP contribution in [0.25, 0.3) is 11.0 Å². The Bertz CT molecular complexity index is 360. The number of nitrogen functional groups attached to an aromatic ring is 1. The summed E-state index contributed by atoms with van der Waals surface area (Å²) in [7, 11) is 0. The number of benzene rings is 1. The number of hydrogen-bond donors (Lipinski definition) is 1. The lowest BCUT2D eigenvalue weighted by molar-refractivity contribution is 0.457. The van der Waals surface area contributed by atoms with Crippen LogP contribution in [0.2, 0.25) is 5.02 Å². The number of fused-ring (bicyclic) bond motifs is 1. The topological polar surface area (TPSA) is 52.0 Å². The second-order valence-corrected chi connectivity index (χ2v) is 2.61. The average molecular weight is 169 g/mol. The molecule has 0 bridgehead atoms. The van der Waals surface area contributed by atoms with Crippen LogP contribution in [0.15, 0.2) is 22.9 Å². The van der Waals surface area contributed by atoms with Crippen LogP contribution in [0, 0.1) is 0 Å². The molecule has 0 aliphatic heterocycles. The Balaban J connectivity index is 2.96. The molecule has 0 saturated carbocycles. The van der Waals surface area contributed by atoms with Gasteiger partial charge in [-0.1, -0.05) is 16.8 Å². The molecule has 0 unspecified atom stereocenters. The van der Waals surface area contributed by atoms with Gasteiger partial charge in [0.25, 0.3) is 0 Å². The third kappa shape index (κ3) is 0.851. The Labute approximate surface area is 67.7 Å². The number of nitrogens with zero attached hydrogens (tertiary/aromatic N) is 1. The molecule has 2 N–H and O–H groups in total. The van der Waals surface area contributed by atoms with Crippen LogP contribution < -0.4 is 5.73 Å². The van der Waals surface area contributed by atoms with E-state index in [2.05, 4.69) is 5.16 Å². The minimum atomic E-state index is 0.553. The Morgan fingerprint density at radius 3 is 3.00 bits per heavy atom. The molecule has 0 amide bonds. The van der Waals surface area contributed by atoms with Crippen molar-refractivity contribution in [1.82, 2.24) is 5.16 Å². The molecule has 0 radical (unpaired) electrons. The molecule has 56 valence electrons. The zero-order valence-electron chi connectivity index (χ0n) is 5.54. The molecular formula is C7H5ClN2O. The smallest absolute Gasteiger partial charge is 0.191 e. The molecule has 11 heavy (non-hydrogen) atoms. The van der Waals surface area contributed by atoms with E-state index in [-0.39, 0.29) is 0 Å². The van der Waals surface area contributed by atoms with Crippen LogP contribution in [0.1, 0.15) is 0 Å². The summed E-state index contributed by atoms with van der Waals surface area (Å²) in [6.07, 6.45) is 1.55. The van der Waals surface area contributed by atoms with Gasteiger partial charge in [-0.15, -0.1) is 0 Å². The fraction of sp³-hybridized carbons (Fsp3) is 0. The van der Waals surface area contributed by atoms with Gasteiger partial charge in [-0.3, -0.25) is 0 Å². The zero-order valence-corrected chi connectivity index (χ0v) is 6.30. The SMILES string of the molecule is Nc1ccc(Cl)c2cnoc12. The summed E-state index contributed by atoms with van der Waals surface area (Å²) >= 11 is 5.81. The van der Waals surface area contributed by atoms with Gasteiger partial charge in [-0.05, 0) is 12.1 Å². The summed E-state index contributed by atoms with van der Waals surface area (Å²) in [6.45, 7) is 0. The van der Waals surface area contributed by atoms with Crippen molar-refractivity contribution in [3.63, 3.8) is 0 Å². The lowest BCUT2D eigenvalue weighted by Crippen LogP contribution is -1.83. The number of nitrogens with two attached hydrogens (primary N) is 1. The molecule has 1 aromatic carbocycles. The van der Waals surface area contributed by atoms with E-state index in [0.29, 0.717) is 16.3 Å². The van der Waals surface area contributed by atoms with E-state index in [1.165, 1.54) is 0 Å². The largest absolute Gasteiger partial charge is 0.396 e. The Hall–Kier alpha value is -1.22. The highest BCUT2D eigenvalue weighted by Gasteiger charge is 2.05. The monoisotopic (exact) mass is 168 g/mol. The molecule has 1 heterocycles. The molecule has 3 nitrogen and oxygen atoms in total. The normalized spacial score (nSPS) is 10.6. The van der Waals surface area contributed by atoms with Gasteiger partial charge in [-0.2, -0.15) is 0 Å². The van der Waals surface area contributed by atoms with Gasteiger partial charge >= 0.3 is 0 Å². The first-order valence-electron chi connectivity index (χ1n) is 3.07. The number of anilines is 1. The zero-order chi connectivity index (χ0) is 7.84. The Kier molecular flexibility index (Phi) is 1.26. The maximum Gasteiger partial charge on any atom is 0.191 e. The van der Waals surface area contributed by atoms with E-state index in [1.54, 1.807) is 18.3 Å². The van der Waals surface area contributed by atoms with Crippen LogP contribution in [-0.4, -0.2) is 5.16 Å². The second-order valence-electron chi connectivity index (χ2n) is 2.21. The van der Waals surface area contributed by atoms with Gasteiger partial charge in [0.1, 0.15) is 0 Å². The first-order chi connectivity index (χ1) is 5.29. The van der Waals surface area contributed by atoms with Crippen LogP contribution in [-0.2, 0) is 0 Å². The second kappa shape index (κ2) is 2.13. The summed E-state index contributed by atoms with van der Waals surface area (Å²) in [6, 6.07) is 3.41. The van der Waals surface area contributed by atoms with Gasteiger partial charge < -0.3 is 10.3 Å². The Morgan fingerprint density at radius 1 is 1.45 bits per heavy atom. The molecule has 4 heteroatoms. The van der Waals surface area contributed by atoms with Crippen LogP contribution >= 0.6 is 11.6 Å². The molecule has 0 atom stereocenters. The standard InChI is InChI=1S/C7H5ClN2O/c8-5-1-2-6(9)7-4(5)3-10-11-7/h1-3H,9H2. The van der Waals surface area contributed by atoms with Crippen molar-refractivity contribution < 1.29 is 4.52 Å². The molecular weight excluding hydrogens is 164 g/mol. The highest BCUT2D eigenvalue weighted by atomic mass is 35.5. The highest BCUT2D eigenvalue weighted by Crippen LogP contribution is 2.27. The minimum absolute atomic E-state index is 0.553. The van der Waals surface area contributed by atoms with Crippen LogP contribution in [0.4, 0.5) is 5.69 Å². The first-order valence-corrected chi connectivity index (χ1v) is 3.45. The van der Waals surface area contributed by atoms with Gasteiger partial charge in [0.15, 0.2) is 5.58 Å². The number of rotatable bonds is 0. The summed E-state index contributed by atoms with van der Waals surface area (Å²) in [5.74, 6) is 0. The molecule has 2 aromatic rings. The first kappa shape index (κ1) is 6.49. The number of aromatic nitrogens is 1. The summed E-state index contributed by atoms with van der Waals surface area (Å²) in [5, 5.41) is 4.95. The van der Waals surface area contributed by atoms with E-state index in [4.69, 9.17) is 21.9 Å². The van der Waals surface area contributed by atoms with E-state index in [1.807, 2.05) is 0 Å². The lowest BCUT2D eigenvalue weighted by Gasteiger charge is -1.93. The molecule has 0 aliphatic rings. The number of halogens is 1. The molecule has 0 saturated heterocycles. The third-order valence-electron chi connectivity index (χ3n) is 1.50. The van der Waals surface area contributed by atoms with Crippen molar-refractivity contribution in [1.29, 1.82) is 0 Å². The van der Waals surface area contributed by atoms with E-state index in [0.717, 1.165) is 5.39 Å². The minimum Gasteiger partial charge on any atom is -0.396 e. The fourth-order valence-corrected chi connectivity index (χ4v) is 1.14. The quantitative estimate of drug-likeness (QED) is 0.613. The van der Waals surface area contributed by atoms with Crippen molar-refractivity contribution in [3.05, 3.63) is 23.4 Å². The van der Waals surface area contributed by atoms with Crippen molar-refractivity contribution in [2.75, 3.05) is 5.73 Å².